The lowest BCUT2D eigenvalue weighted by molar-refractivity contribution is 0.356. The molecule has 0 bridgehead atoms. The van der Waals surface area contributed by atoms with Gasteiger partial charge in [-0.15, -0.1) is 0 Å². The van der Waals surface area contributed by atoms with Crippen LogP contribution in [0.15, 0.2) is 55.0 Å². The molecule has 5 aromatic rings. The number of H-pyrrole nitrogens is 1. The number of piperidine rings is 1. The lowest BCUT2D eigenvalue weighted by Gasteiger charge is -2.32. The molecule has 1 fully saturated rings. The number of benzene rings is 2. The number of ether oxygens (including phenoxy) is 2. The molecule has 0 saturated carbocycles. The number of hydrogen-bond acceptors (Lipinski definition) is 9. The summed E-state index contributed by atoms with van der Waals surface area (Å²) in [4.78, 5) is 16.4. The number of rotatable bonds is 8. The summed E-state index contributed by atoms with van der Waals surface area (Å²) >= 11 is 0. The van der Waals surface area contributed by atoms with E-state index < -0.39 is 0 Å². The van der Waals surface area contributed by atoms with E-state index in [1.807, 2.05) is 24.4 Å². The summed E-state index contributed by atoms with van der Waals surface area (Å²) in [7, 11) is 3.21. The topological polar surface area (TPSA) is 119 Å². The van der Waals surface area contributed by atoms with Gasteiger partial charge in [-0.25, -0.2) is 19.0 Å². The summed E-state index contributed by atoms with van der Waals surface area (Å²) < 4.78 is 26.1. The van der Waals surface area contributed by atoms with E-state index in [1.165, 1.54) is 12.1 Å². The molecule has 2 N–H and O–H groups in total. The predicted octanol–water partition coefficient (Wildman–Crippen LogP) is 4.09. The number of aromatic amines is 1. The fraction of sp³-hybridized carbons (Fsp3) is 0.296. The molecule has 11 nitrogen and oxygen atoms in total. The maximum Gasteiger partial charge on any atom is 0.227 e. The number of methoxy groups -OCH3 is 2. The Morgan fingerprint density at radius 3 is 2.67 bits per heavy atom. The first-order valence-corrected chi connectivity index (χ1v) is 12.7. The number of nitrogens with one attached hydrogen (secondary N) is 2. The van der Waals surface area contributed by atoms with E-state index in [9.17, 15) is 4.39 Å². The van der Waals surface area contributed by atoms with Crippen molar-refractivity contribution in [2.45, 2.75) is 25.3 Å². The number of hydrogen-bond donors (Lipinski definition) is 2. The van der Waals surface area contributed by atoms with Gasteiger partial charge in [-0.1, -0.05) is 0 Å². The maximum absolute atomic E-state index is 13.3. The van der Waals surface area contributed by atoms with Crippen molar-refractivity contribution in [2.24, 2.45) is 0 Å². The molecule has 4 heterocycles. The van der Waals surface area contributed by atoms with Crippen LogP contribution in [0.3, 0.4) is 0 Å². The second-order valence-corrected chi connectivity index (χ2v) is 9.33. The average molecular weight is 530 g/mol. The first-order valence-electron chi connectivity index (χ1n) is 12.7. The molecule has 0 radical (unpaired) electrons. The third-order valence-corrected chi connectivity index (χ3v) is 6.89. The normalized spacial score (nSPS) is 15.5. The molecular weight excluding hydrogens is 501 g/mol. The second-order valence-electron chi connectivity index (χ2n) is 9.33. The second kappa shape index (κ2) is 10.6. The third-order valence-electron chi connectivity index (χ3n) is 6.89. The monoisotopic (exact) mass is 529 g/mol. The van der Waals surface area contributed by atoms with Crippen LogP contribution < -0.4 is 19.7 Å². The van der Waals surface area contributed by atoms with E-state index in [0.717, 1.165) is 54.0 Å². The van der Waals surface area contributed by atoms with E-state index in [2.05, 4.69) is 30.5 Å². The Hall–Kier alpha value is -4.74. The van der Waals surface area contributed by atoms with Gasteiger partial charge in [0.1, 0.15) is 23.8 Å². The Bertz CT molecular complexity index is 1570. The molecule has 0 amide bonds. The minimum Gasteiger partial charge on any atom is -0.493 e. The van der Waals surface area contributed by atoms with Gasteiger partial charge in [0.05, 0.1) is 37.7 Å². The molecular formula is C27H28FN9O2. The first-order chi connectivity index (χ1) is 19.1. The zero-order valence-electron chi connectivity index (χ0n) is 21.6. The van der Waals surface area contributed by atoms with Crippen molar-refractivity contribution >= 4 is 22.7 Å². The molecule has 3 aromatic heterocycles. The van der Waals surface area contributed by atoms with Gasteiger partial charge < -0.3 is 19.7 Å². The summed E-state index contributed by atoms with van der Waals surface area (Å²) in [5.41, 5.74) is 2.32. The Kier molecular flexibility index (Phi) is 6.66. The van der Waals surface area contributed by atoms with Crippen molar-refractivity contribution in [1.82, 2.24) is 34.9 Å². The summed E-state index contributed by atoms with van der Waals surface area (Å²) in [6, 6.07) is 11.9. The van der Waals surface area contributed by atoms with Crippen LogP contribution in [0.1, 0.15) is 30.3 Å². The highest BCUT2D eigenvalue weighted by atomic mass is 19.1. The molecule has 1 saturated heterocycles. The van der Waals surface area contributed by atoms with E-state index in [-0.39, 0.29) is 11.7 Å². The van der Waals surface area contributed by atoms with Crippen LogP contribution in [0.4, 0.5) is 16.2 Å². The molecule has 39 heavy (non-hydrogen) atoms. The summed E-state index contributed by atoms with van der Waals surface area (Å²) in [6.07, 6.45) is 5.40. The van der Waals surface area contributed by atoms with Gasteiger partial charge in [-0.05, 0) is 49.2 Å². The van der Waals surface area contributed by atoms with Crippen molar-refractivity contribution < 1.29 is 13.9 Å². The van der Waals surface area contributed by atoms with Crippen LogP contribution in [0.2, 0.25) is 0 Å². The van der Waals surface area contributed by atoms with E-state index in [1.54, 1.807) is 37.4 Å². The molecule has 0 aliphatic carbocycles. The largest absolute Gasteiger partial charge is 0.493 e. The molecule has 0 spiro atoms. The van der Waals surface area contributed by atoms with Gasteiger partial charge in [-0.2, -0.15) is 15.2 Å². The van der Waals surface area contributed by atoms with Gasteiger partial charge in [0.2, 0.25) is 5.95 Å². The van der Waals surface area contributed by atoms with E-state index in [0.29, 0.717) is 29.8 Å². The quantitative estimate of drug-likeness (QED) is 0.306. The van der Waals surface area contributed by atoms with Crippen molar-refractivity contribution in [3.63, 3.8) is 0 Å². The maximum atomic E-state index is 13.3. The van der Waals surface area contributed by atoms with Gasteiger partial charge in [0, 0.05) is 36.7 Å². The Morgan fingerprint density at radius 1 is 1.08 bits per heavy atom. The van der Waals surface area contributed by atoms with Crippen LogP contribution in [0.5, 0.6) is 11.5 Å². The molecule has 1 aliphatic heterocycles. The van der Waals surface area contributed by atoms with Crippen LogP contribution in [0.25, 0.3) is 16.6 Å². The highest BCUT2D eigenvalue weighted by Gasteiger charge is 2.26. The molecule has 6 rings (SSSR count). The van der Waals surface area contributed by atoms with Crippen LogP contribution in [-0.4, -0.2) is 62.2 Å². The number of nitrogens with zero attached hydrogens (tertiary/aromatic N) is 7. The number of halogens is 1. The highest BCUT2D eigenvalue weighted by Crippen LogP contribution is 2.36. The van der Waals surface area contributed by atoms with Crippen LogP contribution in [-0.2, 0) is 6.54 Å². The lowest BCUT2D eigenvalue weighted by Crippen LogP contribution is -2.36. The van der Waals surface area contributed by atoms with Crippen molar-refractivity contribution in [3.05, 3.63) is 72.3 Å². The SMILES string of the molecule is COc1cc2nc(N3CCCC(c4ncn[nH]4)C3)nc(NCc3ccn(-c4ccc(F)cc4)n3)c2cc1OC. The summed E-state index contributed by atoms with van der Waals surface area (Å²) in [6.45, 7) is 2.00. The summed E-state index contributed by atoms with van der Waals surface area (Å²) in [5.74, 6) is 3.28. The molecule has 1 unspecified atom stereocenters. The van der Waals surface area contributed by atoms with Crippen LogP contribution >= 0.6 is 0 Å². The Morgan fingerprint density at radius 2 is 1.90 bits per heavy atom. The molecule has 200 valence electrons. The fourth-order valence-corrected chi connectivity index (χ4v) is 4.88. The lowest BCUT2D eigenvalue weighted by atomic mass is 9.98. The zero-order valence-corrected chi connectivity index (χ0v) is 21.6. The van der Waals surface area contributed by atoms with Gasteiger partial charge in [0.15, 0.2) is 11.5 Å². The van der Waals surface area contributed by atoms with Crippen molar-refractivity contribution in [2.75, 3.05) is 37.5 Å². The number of anilines is 2. The van der Waals surface area contributed by atoms with Crippen molar-refractivity contribution in [1.29, 1.82) is 0 Å². The highest BCUT2D eigenvalue weighted by molar-refractivity contribution is 5.92. The molecule has 2 aromatic carbocycles. The van der Waals surface area contributed by atoms with Gasteiger partial charge in [0.25, 0.3) is 0 Å². The minimum atomic E-state index is -0.285. The van der Waals surface area contributed by atoms with E-state index in [4.69, 9.17) is 19.4 Å². The zero-order chi connectivity index (χ0) is 26.8. The Balaban J connectivity index is 1.32. The fourth-order valence-electron chi connectivity index (χ4n) is 4.88. The van der Waals surface area contributed by atoms with Gasteiger partial charge >= 0.3 is 0 Å². The van der Waals surface area contributed by atoms with Gasteiger partial charge in [-0.3, -0.25) is 5.10 Å². The average Bonchev–Trinajstić information content (AvgIpc) is 3.68. The van der Waals surface area contributed by atoms with Crippen molar-refractivity contribution in [3.8, 4) is 17.2 Å². The number of aromatic nitrogens is 7. The number of fused-ring (bicyclic) bond motifs is 1. The standard InChI is InChI=1S/C27H28FN9O2/c1-38-23-12-21-22(13-24(23)39-2)32-27(36-10-3-4-17(15-36)25-30-16-31-34-25)33-26(21)29-14-19-9-11-37(35-19)20-7-5-18(28)6-8-20/h5-9,11-13,16-17H,3-4,10,14-15H2,1-2H3,(H,29,32,33)(H,30,31,34). The predicted molar refractivity (Wildman–Crippen MR) is 144 cm³/mol. The van der Waals surface area contributed by atoms with Crippen LogP contribution in [0, 0.1) is 5.82 Å². The molecule has 12 heteroatoms. The molecule has 1 aliphatic rings. The Labute approximate surface area is 224 Å². The van der Waals surface area contributed by atoms with E-state index >= 15 is 0 Å². The third kappa shape index (κ3) is 5.05. The smallest absolute Gasteiger partial charge is 0.227 e. The minimum absolute atomic E-state index is 0.220. The first kappa shape index (κ1) is 24.6. The molecule has 1 atom stereocenters. The summed E-state index contributed by atoms with van der Waals surface area (Å²) in [5, 5.41) is 15.9.